The highest BCUT2D eigenvalue weighted by Crippen LogP contribution is 2.45. The van der Waals surface area contributed by atoms with Gasteiger partial charge in [0, 0.05) is 64.1 Å². The number of phenols is 1. The van der Waals surface area contributed by atoms with Crippen LogP contribution in [0.1, 0.15) is 122 Å². The van der Waals surface area contributed by atoms with Crippen molar-refractivity contribution in [3.8, 4) is 53.3 Å². The van der Waals surface area contributed by atoms with Crippen LogP contribution in [0.25, 0.3) is 0 Å². The molecule has 0 aliphatic heterocycles. The minimum Gasteiger partial charge on any atom is -1.00 e. The quantitative estimate of drug-likeness (QED) is 0.00361. The minimum atomic E-state index is -3.59. The molecular weight excluding hydrogens is 2180 g/mol. The van der Waals surface area contributed by atoms with Crippen LogP contribution in [0, 0.1) is 56.7 Å². The highest BCUT2D eigenvalue weighted by Gasteiger charge is 2.26. The Morgan fingerprint density at radius 2 is 0.752 bits per heavy atom. The van der Waals surface area contributed by atoms with Crippen molar-refractivity contribution in [3.05, 3.63) is 281 Å². The van der Waals surface area contributed by atoms with Crippen molar-refractivity contribution in [1.29, 1.82) is 26.3 Å². The van der Waals surface area contributed by atoms with Gasteiger partial charge in [0.1, 0.15) is 68.6 Å². The maximum Gasteiger partial charge on any atom is 0.306 e. The van der Waals surface area contributed by atoms with E-state index in [1.165, 1.54) is 31.4 Å². The SMILES string of the molecule is CC(C)(C#N)c1cc(CO)cc(Cn2cncn2)c1.CC(C)(C#N)c1cc(CSc2ccc(O)c(Br)c2)cc(Cn2cncn2)c1.CC(C)(C#N)c1cc(CSc2ccc(OS(C)(=O)=O)c(Br)c2)cc(Cn2cncn2)c1.CC(C)(C#N)c1cc(CSc2ccc(OSOON)c(Br)c2)cc(Cn2cncn2)c1.CS(=O)(=O)Oc1ccc(S)cc1Br.C[P+](C)(C)CC#N.[I-]. The van der Waals surface area contributed by atoms with Gasteiger partial charge in [-0.05, 0) is 259 Å². The fraction of sp³-hybridized carbons (Fsp3) is 0.299. The number of hydrogen-bond acceptors (Lipinski definition) is 30. The molecule has 0 fully saturated rings. The fourth-order valence-electron chi connectivity index (χ4n) is 11.0. The van der Waals surface area contributed by atoms with Crippen LogP contribution in [0.5, 0.6) is 23.0 Å². The summed E-state index contributed by atoms with van der Waals surface area (Å²) in [6.45, 7) is 24.0. The zero-order chi connectivity index (χ0) is 94.2. The summed E-state index contributed by atoms with van der Waals surface area (Å²) in [7, 11) is -7.83. The summed E-state index contributed by atoms with van der Waals surface area (Å²) in [5.41, 5.74) is 9.80. The summed E-state index contributed by atoms with van der Waals surface area (Å²) < 4.78 is 73.2. The molecule has 4 aromatic heterocycles. The summed E-state index contributed by atoms with van der Waals surface area (Å²) in [5, 5.41) is 81.7. The molecule has 0 spiro atoms. The van der Waals surface area contributed by atoms with Crippen LogP contribution < -0.4 is 42.4 Å². The molecule has 8 aromatic carbocycles. The van der Waals surface area contributed by atoms with E-state index in [0.717, 1.165) is 121 Å². The molecule has 0 amide bonds. The number of thioether (sulfide) groups is 3. The molecule has 680 valence electrons. The van der Waals surface area contributed by atoms with Crippen molar-refractivity contribution < 1.29 is 72.9 Å². The second-order valence-electron chi connectivity index (χ2n) is 31.4. The normalized spacial score (nSPS) is 11.3. The number of nitriles is 5. The van der Waals surface area contributed by atoms with Crippen LogP contribution in [0.15, 0.2) is 234 Å². The molecule has 0 saturated carbocycles. The van der Waals surface area contributed by atoms with Crippen molar-refractivity contribution in [2.24, 2.45) is 5.90 Å². The summed E-state index contributed by atoms with van der Waals surface area (Å²) in [6, 6.07) is 57.4. The van der Waals surface area contributed by atoms with Crippen molar-refractivity contribution in [1.82, 2.24) is 59.1 Å². The standard InChI is InChI=1S/C21H21BrN4O3S2.C20H20BrN5O3S2.C20H19BrN4OS.C14H16N4O.C7H7BrO3S2.C5H11NP.HI/c1-21(2,12-23)17-7-15(10-26-14-24-13-25-26)6-16(8-17)11-30-18-4-5-20(19(22)9-18)29-31(3,27)28;1-20(2,11-22)16-6-14(9-26-13-24-12-25-26)5-15(7-16)10-30-17-3-4-19(18(21)8-17)27-31-29-28-23;1-20(2,11-22)16-6-14(9-25-13-23-12-24-25)5-15(7-16)10-27-17-3-4-19(26)18(21)8-17;1-14(2,8-15)13-4-11(3-12(5-13)7-19)6-18-10-16-9-17-18;1-13(9,10)11-7-3-2-5(12)4-6(7)8;1-7(2,3)5-4-6;/h4-9,13-14H,10-11H2,1-3H3;3-8,12-13H,9-10,23H2,1-2H3;3-8,12-13,26H,9-10H2,1-2H3;3-5,9-10,19H,6-7H2,1-2H3;2-4,12H,1H3;5H2,1-3H3;1H/q;;;;;+1;/p-1. The van der Waals surface area contributed by atoms with Gasteiger partial charge in [0.25, 0.3) is 12.3 Å². The van der Waals surface area contributed by atoms with E-state index in [2.05, 4.69) is 229 Å². The average Bonchev–Trinajstić information content (AvgIpc) is 1.82. The van der Waals surface area contributed by atoms with Gasteiger partial charge in [-0.2, -0.15) is 69.4 Å². The molecule has 129 heavy (non-hydrogen) atoms. The number of phenolic OH excluding ortho intramolecular Hbond substituents is 1. The molecule has 0 bridgehead atoms. The van der Waals surface area contributed by atoms with Crippen molar-refractivity contribution in [2.75, 3.05) is 38.7 Å². The molecule has 4 N–H and O–H groups in total. The highest BCUT2D eigenvalue weighted by atomic mass is 127. The van der Waals surface area contributed by atoms with Crippen LogP contribution in [-0.2, 0) is 101 Å². The third-order valence-corrected chi connectivity index (χ3v) is 26.1. The predicted octanol–water partition coefficient (Wildman–Crippen LogP) is 16.5. The molecule has 0 radical (unpaired) electrons. The smallest absolute Gasteiger partial charge is 0.306 e. The van der Waals surface area contributed by atoms with Crippen molar-refractivity contribution in [3.63, 3.8) is 0 Å². The Morgan fingerprint density at radius 1 is 0.450 bits per heavy atom. The number of halogens is 5. The number of aromatic nitrogens is 12. The summed E-state index contributed by atoms with van der Waals surface area (Å²) >= 11 is 23.0. The Labute approximate surface area is 826 Å². The van der Waals surface area contributed by atoms with E-state index < -0.39 is 49.2 Å². The largest absolute Gasteiger partial charge is 1.00 e. The van der Waals surface area contributed by atoms with E-state index >= 15 is 0 Å². The molecule has 0 aliphatic carbocycles. The van der Waals surface area contributed by atoms with Gasteiger partial charge in [0.05, 0.1) is 109 Å². The van der Waals surface area contributed by atoms with Crippen molar-refractivity contribution in [2.45, 2.75) is 147 Å². The van der Waals surface area contributed by atoms with E-state index in [1.54, 1.807) is 104 Å². The van der Waals surface area contributed by atoms with Gasteiger partial charge in [-0.1, -0.05) is 72.8 Å². The molecule has 0 aliphatic rings. The summed E-state index contributed by atoms with van der Waals surface area (Å²) in [6.07, 6.45) is 15.4. The van der Waals surface area contributed by atoms with Gasteiger partial charge in [0.15, 0.2) is 17.2 Å². The number of aliphatic hydroxyl groups is 1. The first-order valence-corrected chi connectivity index (χ1v) is 52.4. The van der Waals surface area contributed by atoms with Crippen LogP contribution >= 0.6 is 131 Å². The molecule has 0 unspecified atom stereocenters. The third kappa shape index (κ3) is 38.3. The van der Waals surface area contributed by atoms with Gasteiger partial charge in [-0.15, -0.1) is 57.2 Å². The summed E-state index contributed by atoms with van der Waals surface area (Å²) in [4.78, 5) is 23.7. The number of thiol groups is 1. The van der Waals surface area contributed by atoms with E-state index in [1.807, 2.05) is 122 Å². The first-order chi connectivity index (χ1) is 60.3. The Morgan fingerprint density at radius 3 is 1.02 bits per heavy atom. The van der Waals surface area contributed by atoms with Crippen LogP contribution in [0.3, 0.4) is 0 Å². The lowest BCUT2D eigenvalue weighted by Gasteiger charge is -2.19. The number of benzene rings is 8. The van der Waals surface area contributed by atoms with Crippen molar-refractivity contribution >= 4 is 151 Å². The van der Waals surface area contributed by atoms with E-state index in [0.29, 0.717) is 63.4 Å². The maximum atomic E-state index is 11.4. The van der Waals surface area contributed by atoms with Gasteiger partial charge >= 0.3 is 20.2 Å². The zero-order valence-corrected chi connectivity index (χ0v) is 87.5. The van der Waals surface area contributed by atoms with Crippen LogP contribution in [-0.4, -0.2) is 125 Å². The molecule has 42 heteroatoms. The molecule has 4 heterocycles. The van der Waals surface area contributed by atoms with Crippen LogP contribution in [0.4, 0.5) is 0 Å². The molecule has 0 saturated heterocycles. The van der Waals surface area contributed by atoms with Gasteiger partial charge in [0.2, 0.25) is 0 Å². The fourth-order valence-corrected chi connectivity index (χ4v) is 18.1. The van der Waals surface area contributed by atoms with E-state index in [9.17, 15) is 48.1 Å². The number of aromatic hydroxyl groups is 1. The molecule has 12 aromatic rings. The monoisotopic (exact) mass is 2260 g/mol. The number of aliphatic hydroxyl groups excluding tert-OH is 1. The lowest BCUT2D eigenvalue weighted by Crippen LogP contribution is -3.00. The lowest BCUT2D eigenvalue weighted by molar-refractivity contribution is -0.199. The Balaban J connectivity index is 0.000000249. The molecule has 12 rings (SSSR count). The third-order valence-electron chi connectivity index (χ3n) is 17.7. The van der Waals surface area contributed by atoms with Gasteiger partial charge in [-0.3, -0.25) is 0 Å². The number of hydrogen-bond donors (Lipinski definition) is 4. The van der Waals surface area contributed by atoms with E-state index in [4.69, 9.17) is 19.5 Å². The van der Waals surface area contributed by atoms with E-state index in [-0.39, 0.29) is 47.8 Å². The molecule has 0 atom stereocenters. The van der Waals surface area contributed by atoms with Gasteiger partial charge in [-0.25, -0.2) is 38.7 Å². The van der Waals surface area contributed by atoms with Crippen LogP contribution in [0.2, 0.25) is 0 Å². The minimum absolute atomic E-state index is 0. The Hall–Kier alpha value is -8.46. The maximum absolute atomic E-state index is 11.4. The summed E-state index contributed by atoms with van der Waals surface area (Å²) in [5.74, 6) is 8.29. The number of rotatable bonds is 31. The van der Waals surface area contributed by atoms with Gasteiger partial charge < -0.3 is 46.7 Å². The number of nitrogens with two attached hydrogens (primary N) is 1. The average molecular weight is 2270 g/mol. The molecule has 29 nitrogen and oxygen atoms in total. The lowest BCUT2D eigenvalue weighted by atomic mass is 9.84. The number of nitrogens with zero attached hydrogens (tertiary/aromatic N) is 17. The molecular formula is C87H94Br4IN18O11PS7. The highest BCUT2D eigenvalue weighted by molar-refractivity contribution is 9.11. The Kier molecular flexibility index (Phi) is 43.7. The topological polar surface area (TPSA) is 423 Å². The first kappa shape index (κ1) is 109. The first-order valence-electron chi connectivity index (χ1n) is 38.2. The zero-order valence-electron chi connectivity index (χ0n) is 72.3. The Bertz CT molecular complexity index is 6160. The predicted molar refractivity (Wildman–Crippen MR) is 518 cm³/mol. The second-order valence-corrected chi connectivity index (χ2v) is 47.0. The second kappa shape index (κ2) is 51.5.